The monoisotopic (exact) mass is 259 g/mol. The lowest BCUT2D eigenvalue weighted by Gasteiger charge is -2.07. The van der Waals surface area contributed by atoms with Gasteiger partial charge in [-0.15, -0.1) is 0 Å². The summed E-state index contributed by atoms with van der Waals surface area (Å²) in [7, 11) is -1.91. The Kier molecular flexibility index (Phi) is 5.17. The Hall–Kier alpha value is -0.850. The molecular weight excluding hydrogens is 238 g/mol. The van der Waals surface area contributed by atoms with Crippen LogP contribution in [0.5, 0.6) is 0 Å². The number of rotatable bonds is 7. The summed E-state index contributed by atoms with van der Waals surface area (Å²) < 4.78 is 27.7. The van der Waals surface area contributed by atoms with E-state index >= 15 is 0 Å². The van der Waals surface area contributed by atoms with Crippen molar-refractivity contribution in [1.82, 2.24) is 14.6 Å². The van der Waals surface area contributed by atoms with Crippen LogP contribution in [0.15, 0.2) is 17.2 Å². The largest absolute Gasteiger partial charge is 0.349 e. The number of nitrogens with one attached hydrogen (secondary N) is 2. The third-order valence-corrected chi connectivity index (χ3v) is 3.94. The maximum absolute atomic E-state index is 11.7. The van der Waals surface area contributed by atoms with E-state index in [9.17, 15) is 8.42 Å². The standard InChI is InChI=1S/C11H21N3O2S/c1-4-6-14-9-11(17(15,16)12-3)7-10(14)8-13-5-2/h7,9,12-13H,4-6,8H2,1-3H3. The fraction of sp³-hybridized carbons (Fsp3) is 0.636. The fourth-order valence-electron chi connectivity index (χ4n) is 1.64. The molecule has 0 aliphatic rings. The Balaban J connectivity index is 3.03. The summed E-state index contributed by atoms with van der Waals surface area (Å²) in [6, 6.07) is 1.73. The molecule has 0 saturated heterocycles. The summed E-state index contributed by atoms with van der Waals surface area (Å²) in [4.78, 5) is 0.335. The van der Waals surface area contributed by atoms with Gasteiger partial charge in [0.05, 0.1) is 4.90 Å². The van der Waals surface area contributed by atoms with Crippen LogP contribution in [0, 0.1) is 0 Å². The van der Waals surface area contributed by atoms with Crippen molar-refractivity contribution in [2.45, 2.75) is 38.3 Å². The number of hydrogen-bond donors (Lipinski definition) is 2. The minimum absolute atomic E-state index is 0.335. The first-order valence-electron chi connectivity index (χ1n) is 5.88. The van der Waals surface area contributed by atoms with Crippen molar-refractivity contribution in [3.8, 4) is 0 Å². The summed E-state index contributed by atoms with van der Waals surface area (Å²) in [5.41, 5.74) is 1.00. The molecule has 0 aliphatic carbocycles. The van der Waals surface area contributed by atoms with Crippen LogP contribution in [0.2, 0.25) is 0 Å². The average molecular weight is 259 g/mol. The molecule has 2 N–H and O–H groups in total. The molecule has 1 aromatic rings. The van der Waals surface area contributed by atoms with Crippen molar-refractivity contribution < 1.29 is 8.42 Å². The van der Waals surface area contributed by atoms with Crippen LogP contribution in [-0.4, -0.2) is 26.6 Å². The number of nitrogens with zero attached hydrogens (tertiary/aromatic N) is 1. The lowest BCUT2D eigenvalue weighted by Crippen LogP contribution is -2.17. The predicted molar refractivity (Wildman–Crippen MR) is 68.3 cm³/mol. The third kappa shape index (κ3) is 3.55. The van der Waals surface area contributed by atoms with E-state index in [0.29, 0.717) is 11.4 Å². The van der Waals surface area contributed by atoms with Gasteiger partial charge in [-0.2, -0.15) is 0 Å². The zero-order valence-corrected chi connectivity index (χ0v) is 11.5. The second kappa shape index (κ2) is 6.18. The average Bonchev–Trinajstić information content (AvgIpc) is 2.71. The maximum Gasteiger partial charge on any atom is 0.241 e. The Bertz CT molecular complexity index is 451. The molecule has 0 saturated carbocycles. The summed E-state index contributed by atoms with van der Waals surface area (Å²) in [6.07, 6.45) is 2.68. The van der Waals surface area contributed by atoms with Gasteiger partial charge in [-0.05, 0) is 26.1 Å². The molecule has 0 unspecified atom stereocenters. The van der Waals surface area contributed by atoms with Crippen molar-refractivity contribution in [2.24, 2.45) is 0 Å². The van der Waals surface area contributed by atoms with Gasteiger partial charge in [-0.25, -0.2) is 13.1 Å². The topological polar surface area (TPSA) is 63.1 Å². The van der Waals surface area contributed by atoms with E-state index in [4.69, 9.17) is 0 Å². The van der Waals surface area contributed by atoms with Gasteiger partial charge < -0.3 is 9.88 Å². The van der Waals surface area contributed by atoms with Crippen LogP contribution in [0.1, 0.15) is 26.0 Å². The smallest absolute Gasteiger partial charge is 0.241 e. The van der Waals surface area contributed by atoms with Crippen molar-refractivity contribution in [2.75, 3.05) is 13.6 Å². The van der Waals surface area contributed by atoms with Gasteiger partial charge in [0.15, 0.2) is 0 Å². The van der Waals surface area contributed by atoms with E-state index in [0.717, 1.165) is 25.2 Å². The molecule has 6 heteroatoms. The molecule has 0 bridgehead atoms. The molecular formula is C11H21N3O2S. The van der Waals surface area contributed by atoms with E-state index in [-0.39, 0.29) is 0 Å². The zero-order valence-electron chi connectivity index (χ0n) is 10.7. The number of sulfonamides is 1. The number of hydrogen-bond acceptors (Lipinski definition) is 3. The highest BCUT2D eigenvalue weighted by Gasteiger charge is 2.15. The quantitative estimate of drug-likeness (QED) is 0.765. The zero-order chi connectivity index (χ0) is 12.9. The lowest BCUT2D eigenvalue weighted by molar-refractivity contribution is 0.586. The van der Waals surface area contributed by atoms with E-state index in [2.05, 4.69) is 17.0 Å². The highest BCUT2D eigenvalue weighted by Crippen LogP contribution is 2.14. The first kappa shape index (κ1) is 14.2. The molecule has 0 amide bonds. The molecule has 0 spiro atoms. The van der Waals surface area contributed by atoms with Crippen molar-refractivity contribution >= 4 is 10.0 Å². The van der Waals surface area contributed by atoms with Gasteiger partial charge in [0.25, 0.3) is 0 Å². The predicted octanol–water partition coefficient (Wildman–Crippen LogP) is 0.916. The summed E-state index contributed by atoms with van der Waals surface area (Å²) in [6.45, 7) is 6.49. The second-order valence-electron chi connectivity index (χ2n) is 3.85. The van der Waals surface area contributed by atoms with Crippen molar-refractivity contribution in [3.05, 3.63) is 18.0 Å². The minimum Gasteiger partial charge on any atom is -0.349 e. The van der Waals surface area contributed by atoms with Gasteiger partial charge in [-0.3, -0.25) is 0 Å². The molecule has 17 heavy (non-hydrogen) atoms. The Labute approximate surface area is 103 Å². The highest BCUT2D eigenvalue weighted by atomic mass is 32.2. The molecule has 0 radical (unpaired) electrons. The first-order chi connectivity index (χ1) is 8.05. The van der Waals surface area contributed by atoms with Gasteiger partial charge in [0, 0.05) is 25.0 Å². The minimum atomic E-state index is -3.34. The molecule has 0 fully saturated rings. The molecule has 0 aromatic carbocycles. The van der Waals surface area contributed by atoms with E-state index in [1.807, 2.05) is 11.5 Å². The van der Waals surface area contributed by atoms with Crippen LogP contribution >= 0.6 is 0 Å². The van der Waals surface area contributed by atoms with Gasteiger partial charge in [-0.1, -0.05) is 13.8 Å². The molecule has 0 atom stereocenters. The second-order valence-corrected chi connectivity index (χ2v) is 5.73. The Morgan fingerprint density at radius 1 is 1.35 bits per heavy atom. The van der Waals surface area contributed by atoms with Crippen LogP contribution in [0.3, 0.4) is 0 Å². The van der Waals surface area contributed by atoms with E-state index < -0.39 is 10.0 Å². The number of aryl methyl sites for hydroxylation is 1. The molecule has 5 nitrogen and oxygen atoms in total. The van der Waals surface area contributed by atoms with Gasteiger partial charge in [0.1, 0.15) is 0 Å². The summed E-state index contributed by atoms with van der Waals surface area (Å²) in [5, 5.41) is 3.21. The third-order valence-electron chi connectivity index (χ3n) is 2.56. The molecule has 98 valence electrons. The maximum atomic E-state index is 11.7. The fourth-order valence-corrected chi connectivity index (χ4v) is 2.43. The van der Waals surface area contributed by atoms with Crippen LogP contribution < -0.4 is 10.0 Å². The van der Waals surface area contributed by atoms with E-state index in [1.165, 1.54) is 7.05 Å². The summed E-state index contributed by atoms with van der Waals surface area (Å²) >= 11 is 0. The number of aromatic nitrogens is 1. The van der Waals surface area contributed by atoms with E-state index in [1.54, 1.807) is 12.3 Å². The van der Waals surface area contributed by atoms with Crippen LogP contribution in [0.25, 0.3) is 0 Å². The molecule has 0 aliphatic heterocycles. The van der Waals surface area contributed by atoms with Gasteiger partial charge in [0.2, 0.25) is 10.0 Å². The summed E-state index contributed by atoms with van der Waals surface area (Å²) in [5.74, 6) is 0. The van der Waals surface area contributed by atoms with Crippen LogP contribution in [-0.2, 0) is 23.1 Å². The van der Waals surface area contributed by atoms with Gasteiger partial charge >= 0.3 is 0 Å². The van der Waals surface area contributed by atoms with Crippen molar-refractivity contribution in [3.63, 3.8) is 0 Å². The normalized spacial score (nSPS) is 11.9. The highest BCUT2D eigenvalue weighted by molar-refractivity contribution is 7.89. The van der Waals surface area contributed by atoms with Crippen molar-refractivity contribution in [1.29, 1.82) is 0 Å². The molecule has 1 rings (SSSR count). The lowest BCUT2D eigenvalue weighted by atomic mass is 10.4. The first-order valence-corrected chi connectivity index (χ1v) is 7.36. The molecule has 1 heterocycles. The molecule has 1 aromatic heterocycles. The van der Waals surface area contributed by atoms with Crippen LogP contribution in [0.4, 0.5) is 0 Å². The Morgan fingerprint density at radius 3 is 2.59 bits per heavy atom. The SMILES string of the molecule is CCCn1cc(S(=O)(=O)NC)cc1CNCC. The Morgan fingerprint density at radius 2 is 2.06 bits per heavy atom.